The van der Waals surface area contributed by atoms with Crippen molar-refractivity contribution < 1.29 is 0 Å². The zero-order valence-electron chi connectivity index (χ0n) is 15.1. The Hall–Kier alpha value is -2.42. The summed E-state index contributed by atoms with van der Waals surface area (Å²) in [5.41, 5.74) is 4.21. The normalized spacial score (nSPS) is 18.7. The lowest BCUT2D eigenvalue weighted by molar-refractivity contribution is 0.508. The minimum atomic E-state index is 0.0572. The highest BCUT2D eigenvalue weighted by atomic mass is 15.0. The van der Waals surface area contributed by atoms with E-state index < -0.39 is 0 Å². The first-order chi connectivity index (χ1) is 12.9. The number of hydrogen-bond acceptors (Lipinski definition) is 2. The fourth-order valence-corrected chi connectivity index (χ4v) is 4.14. The fourth-order valence-electron chi connectivity index (χ4n) is 4.14. The number of nitrogens with one attached hydrogen (secondary N) is 2. The Kier molecular flexibility index (Phi) is 5.14. The van der Waals surface area contributed by atoms with E-state index in [1.54, 1.807) is 0 Å². The van der Waals surface area contributed by atoms with Gasteiger partial charge in [-0.15, -0.1) is 0 Å². The Morgan fingerprint density at radius 1 is 0.769 bits per heavy atom. The number of benzene rings is 3. The summed E-state index contributed by atoms with van der Waals surface area (Å²) in [6.45, 7) is 2.89. The maximum Gasteiger partial charge on any atom is 0.0342 e. The van der Waals surface area contributed by atoms with Gasteiger partial charge in [-0.3, -0.25) is 0 Å². The Bertz CT molecular complexity index is 760. The predicted octanol–water partition coefficient (Wildman–Crippen LogP) is 4.12. The molecular weight excluding hydrogens is 316 g/mol. The number of hydrogen-bond donors (Lipinski definition) is 2. The molecule has 1 aliphatic heterocycles. The average molecular weight is 342 g/mol. The van der Waals surface area contributed by atoms with Crippen LogP contribution < -0.4 is 10.6 Å². The Balaban J connectivity index is 1.48. The van der Waals surface area contributed by atoms with Gasteiger partial charge in [0.25, 0.3) is 0 Å². The van der Waals surface area contributed by atoms with E-state index in [1.165, 1.54) is 16.7 Å². The molecule has 0 aliphatic carbocycles. The highest BCUT2D eigenvalue weighted by Gasteiger charge is 2.41. The van der Waals surface area contributed by atoms with Crippen LogP contribution in [0.3, 0.4) is 0 Å². The quantitative estimate of drug-likeness (QED) is 0.704. The molecule has 2 nitrogen and oxygen atoms in total. The maximum absolute atomic E-state index is 3.77. The van der Waals surface area contributed by atoms with E-state index in [0.717, 1.165) is 26.1 Å². The molecular formula is C24H26N2. The zero-order chi connectivity index (χ0) is 17.7. The summed E-state index contributed by atoms with van der Waals surface area (Å²) in [4.78, 5) is 0. The summed E-state index contributed by atoms with van der Waals surface area (Å²) in [6, 6.07) is 33.0. The lowest BCUT2D eigenvalue weighted by Crippen LogP contribution is -2.33. The molecule has 1 fully saturated rings. The topological polar surface area (TPSA) is 24.1 Å². The van der Waals surface area contributed by atoms with Crippen molar-refractivity contribution in [2.45, 2.75) is 24.4 Å². The van der Waals surface area contributed by atoms with Gasteiger partial charge in [0.2, 0.25) is 0 Å². The van der Waals surface area contributed by atoms with Crippen LogP contribution in [0.2, 0.25) is 0 Å². The van der Waals surface area contributed by atoms with Crippen molar-refractivity contribution in [2.24, 2.45) is 0 Å². The third-order valence-corrected chi connectivity index (χ3v) is 5.50. The minimum absolute atomic E-state index is 0.0572. The van der Waals surface area contributed by atoms with Crippen LogP contribution >= 0.6 is 0 Å². The molecule has 0 radical (unpaired) electrons. The smallest absolute Gasteiger partial charge is 0.0342 e. The molecule has 0 aromatic heterocycles. The molecule has 0 amide bonds. The average Bonchev–Trinajstić information content (AvgIpc) is 3.16. The van der Waals surface area contributed by atoms with E-state index in [0.29, 0.717) is 6.04 Å². The van der Waals surface area contributed by atoms with Crippen LogP contribution in [-0.4, -0.2) is 19.1 Å². The van der Waals surface area contributed by atoms with Crippen LogP contribution in [-0.2, 0) is 12.0 Å². The molecule has 1 unspecified atom stereocenters. The summed E-state index contributed by atoms with van der Waals surface area (Å²) in [6.07, 6.45) is 1.11. The van der Waals surface area contributed by atoms with Crippen LogP contribution in [0.5, 0.6) is 0 Å². The molecule has 4 rings (SSSR count). The van der Waals surface area contributed by atoms with Gasteiger partial charge in [-0.2, -0.15) is 0 Å². The molecule has 26 heavy (non-hydrogen) atoms. The van der Waals surface area contributed by atoms with E-state index in [-0.39, 0.29) is 5.41 Å². The molecule has 1 aliphatic rings. The second-order valence-corrected chi connectivity index (χ2v) is 7.21. The molecule has 0 saturated carbocycles. The Morgan fingerprint density at radius 2 is 1.31 bits per heavy atom. The molecule has 0 spiro atoms. The van der Waals surface area contributed by atoms with Gasteiger partial charge < -0.3 is 10.6 Å². The Morgan fingerprint density at radius 3 is 1.88 bits per heavy atom. The van der Waals surface area contributed by atoms with Gasteiger partial charge in [0.15, 0.2) is 0 Å². The van der Waals surface area contributed by atoms with Crippen molar-refractivity contribution in [3.63, 3.8) is 0 Å². The first kappa shape index (κ1) is 17.0. The molecule has 2 heteroatoms. The molecule has 2 N–H and O–H groups in total. The fraction of sp³-hybridized carbons (Fsp3) is 0.250. The van der Waals surface area contributed by atoms with Gasteiger partial charge in [0.05, 0.1) is 0 Å². The lowest BCUT2D eigenvalue weighted by Gasteiger charge is -2.30. The van der Waals surface area contributed by atoms with E-state index >= 15 is 0 Å². The first-order valence-corrected chi connectivity index (χ1v) is 9.46. The molecule has 0 bridgehead atoms. The largest absolute Gasteiger partial charge is 0.311 e. The summed E-state index contributed by atoms with van der Waals surface area (Å²) < 4.78 is 0. The van der Waals surface area contributed by atoms with Crippen LogP contribution in [0.15, 0.2) is 91.0 Å². The molecule has 3 aromatic rings. The van der Waals surface area contributed by atoms with Crippen LogP contribution in [0.1, 0.15) is 23.1 Å². The van der Waals surface area contributed by atoms with Crippen molar-refractivity contribution in [1.29, 1.82) is 0 Å². The van der Waals surface area contributed by atoms with Crippen molar-refractivity contribution in [1.82, 2.24) is 10.6 Å². The molecule has 1 atom stereocenters. The maximum atomic E-state index is 3.77. The van der Waals surface area contributed by atoms with Gasteiger partial charge in [0, 0.05) is 31.1 Å². The summed E-state index contributed by atoms with van der Waals surface area (Å²) in [5, 5.41) is 7.39. The lowest BCUT2D eigenvalue weighted by atomic mass is 9.73. The van der Waals surface area contributed by atoms with Gasteiger partial charge >= 0.3 is 0 Å². The van der Waals surface area contributed by atoms with E-state index in [4.69, 9.17) is 0 Å². The van der Waals surface area contributed by atoms with Gasteiger partial charge in [0.1, 0.15) is 0 Å². The third kappa shape index (κ3) is 3.57. The van der Waals surface area contributed by atoms with Crippen LogP contribution in [0, 0.1) is 0 Å². The standard InChI is InChI=1S/C24H26N2/c1-4-10-20(11-5-1)17-25-18-23-16-24(19-26-23,21-12-6-2-7-13-21)22-14-8-3-9-15-22/h1-15,23,25-26H,16-19H2. The van der Waals surface area contributed by atoms with E-state index in [2.05, 4.69) is 102 Å². The zero-order valence-corrected chi connectivity index (χ0v) is 15.1. The number of rotatable bonds is 6. The second kappa shape index (κ2) is 7.86. The van der Waals surface area contributed by atoms with Crippen molar-refractivity contribution >= 4 is 0 Å². The molecule has 1 heterocycles. The summed E-state index contributed by atoms with van der Waals surface area (Å²) in [5.74, 6) is 0. The highest BCUT2D eigenvalue weighted by Crippen LogP contribution is 2.39. The van der Waals surface area contributed by atoms with Crippen LogP contribution in [0.4, 0.5) is 0 Å². The Labute approximate surface area is 156 Å². The minimum Gasteiger partial charge on any atom is -0.311 e. The van der Waals surface area contributed by atoms with Gasteiger partial charge in [-0.25, -0.2) is 0 Å². The summed E-state index contributed by atoms with van der Waals surface area (Å²) >= 11 is 0. The molecule has 1 saturated heterocycles. The van der Waals surface area contributed by atoms with Crippen molar-refractivity contribution in [3.8, 4) is 0 Å². The second-order valence-electron chi connectivity index (χ2n) is 7.21. The van der Waals surface area contributed by atoms with Gasteiger partial charge in [-0.1, -0.05) is 91.0 Å². The molecule has 3 aromatic carbocycles. The first-order valence-electron chi connectivity index (χ1n) is 9.46. The highest BCUT2D eigenvalue weighted by molar-refractivity contribution is 5.41. The van der Waals surface area contributed by atoms with Crippen molar-refractivity contribution in [2.75, 3.05) is 13.1 Å². The predicted molar refractivity (Wildman–Crippen MR) is 108 cm³/mol. The SMILES string of the molecule is c1ccc(CNCC2CC(c3ccccc3)(c3ccccc3)CN2)cc1. The monoisotopic (exact) mass is 342 g/mol. The van der Waals surface area contributed by atoms with E-state index in [1.807, 2.05) is 0 Å². The molecule has 132 valence electrons. The van der Waals surface area contributed by atoms with Gasteiger partial charge in [-0.05, 0) is 23.1 Å². The third-order valence-electron chi connectivity index (χ3n) is 5.50. The van der Waals surface area contributed by atoms with Crippen LogP contribution in [0.25, 0.3) is 0 Å². The summed E-state index contributed by atoms with van der Waals surface area (Å²) in [7, 11) is 0. The van der Waals surface area contributed by atoms with Crippen molar-refractivity contribution in [3.05, 3.63) is 108 Å². The van der Waals surface area contributed by atoms with E-state index in [9.17, 15) is 0 Å².